The number of hydrogen-bond acceptors (Lipinski definition) is 11. The molecule has 11 heteroatoms. The summed E-state index contributed by atoms with van der Waals surface area (Å²) in [5.41, 5.74) is 10.4. The molecule has 3 unspecified atom stereocenters. The van der Waals surface area contributed by atoms with E-state index in [-0.39, 0.29) is 99.0 Å². The number of fused-ring (bicyclic) bond motifs is 3. The second kappa shape index (κ2) is 35.6. The van der Waals surface area contributed by atoms with Crippen LogP contribution in [0.2, 0.25) is 0 Å². The summed E-state index contributed by atoms with van der Waals surface area (Å²) >= 11 is 0. The van der Waals surface area contributed by atoms with Gasteiger partial charge in [0.15, 0.2) is 23.1 Å². The van der Waals surface area contributed by atoms with Crippen LogP contribution in [-0.2, 0) is 70.5 Å². The molecule has 14 rings (SSSR count). The Morgan fingerprint density at radius 1 is 0.439 bits per heavy atom. The third-order valence-electron chi connectivity index (χ3n) is 25.2. The first-order valence-electron chi connectivity index (χ1n) is 40.4. The Bertz CT molecular complexity index is 4260. The molecule has 0 spiro atoms. The Balaban J connectivity index is 0.000000152. The lowest BCUT2D eigenvalue weighted by Gasteiger charge is -2.30. The highest BCUT2D eigenvalue weighted by molar-refractivity contribution is 6.55. The number of carbonyl (C=O) groups is 10. The summed E-state index contributed by atoms with van der Waals surface area (Å²) < 4.78 is 5.64. The Labute approximate surface area is 634 Å². The number of hydrogen-bond donors (Lipinski definition) is 0. The van der Waals surface area contributed by atoms with Crippen molar-refractivity contribution in [3.63, 3.8) is 0 Å². The number of methoxy groups -OCH3 is 1. The molecule has 5 aromatic carbocycles. The zero-order valence-electron chi connectivity index (χ0n) is 64.0. The number of ether oxygens (including phenoxy) is 1. The van der Waals surface area contributed by atoms with E-state index in [2.05, 4.69) is 100 Å². The van der Waals surface area contributed by atoms with E-state index >= 15 is 0 Å². The Kier molecular flexibility index (Phi) is 25.9. The standard InChI is InChI=1S/C37H46O4.C33H38O4.C26H26O3/c1-37(2,3)23-33(38)27-14-16-29(17-15-27)35(40)36(41)31-20-19-26-13-18-30(22-32(26)31)34(39)28-11-9-25(10-12-28)21-24-7-5-4-6-8-24;1-21-8-12-25(13-9-21)32(35)33(36)27-17-16-26-19-30(37-2)29(20-28(26)27)31(34)24-14-10-23(11-15-24)18-22-6-4-3-5-7-22;1-17(27)25(28)23-14-13-20-11-12-22(16-24(20)23)26(29)21-9-7-19(8-10-21)15-18-5-3-2-4-6-18/h4-8,13,18-20,22,25-29,31-32H,9-12,14-17,21,23H2,1-3H3;3-7,17,19-21,23-25H,8-16,18H2,1-2H3;2-6,11-12,14,16,19,21H,7-10,13,15H2,1H3. The molecule has 0 bridgehead atoms. The molecular formula is C96H110O11. The normalized spacial score (nSPS) is 26.3. The van der Waals surface area contributed by atoms with Gasteiger partial charge in [-0.15, -0.1) is 0 Å². The van der Waals surface area contributed by atoms with Gasteiger partial charge in [0, 0.05) is 83.0 Å². The van der Waals surface area contributed by atoms with Crippen LogP contribution in [0.1, 0.15) is 229 Å². The van der Waals surface area contributed by atoms with Gasteiger partial charge in [-0.05, 0) is 234 Å². The minimum Gasteiger partial charge on any atom is -0.496 e. The first-order valence-corrected chi connectivity index (χ1v) is 40.4. The van der Waals surface area contributed by atoms with Gasteiger partial charge < -0.3 is 4.74 Å². The maximum absolute atomic E-state index is 13.7. The molecule has 5 aromatic rings. The number of ketones is 10. The van der Waals surface area contributed by atoms with E-state index in [0.717, 1.165) is 144 Å². The second-order valence-electron chi connectivity index (χ2n) is 34.1. The minimum atomic E-state index is -0.498. The van der Waals surface area contributed by atoms with Gasteiger partial charge >= 0.3 is 0 Å². The first-order chi connectivity index (χ1) is 51.6. The van der Waals surface area contributed by atoms with E-state index in [0.29, 0.717) is 102 Å². The van der Waals surface area contributed by atoms with Gasteiger partial charge in [0.1, 0.15) is 11.5 Å². The average molecular weight is 1440 g/mol. The SMILES string of the molecule is CC(=O)C(=O)C1=CCc2ccc(C(=O)C3CCC(Cc4ccccc4)CC3)cc21.CC(C)(C)CC(=O)C1CCC(C(=O)C(=O)C2C=CC3C=CC(C(=O)C4CCC(Cc5ccccc5)CC4)=CC32)CC1.COc1cc2c(cc1C(=O)C1CCC(Cc3ccccc3)CC1)C(C(=O)C(=O)C1CCC(C)CC1)=CC2. The molecule has 107 heavy (non-hydrogen) atoms. The third kappa shape index (κ3) is 19.4. The van der Waals surface area contributed by atoms with Crippen molar-refractivity contribution in [2.24, 2.45) is 82.3 Å². The van der Waals surface area contributed by atoms with Crippen molar-refractivity contribution >= 4 is 69.0 Å². The van der Waals surface area contributed by atoms with Gasteiger partial charge in [0.05, 0.1) is 18.6 Å². The summed E-state index contributed by atoms with van der Waals surface area (Å²) in [5.74, 6) is 0.674. The Morgan fingerprint density at radius 3 is 1.41 bits per heavy atom. The van der Waals surface area contributed by atoms with Crippen molar-refractivity contribution < 1.29 is 52.7 Å². The largest absolute Gasteiger partial charge is 0.496 e. The zero-order chi connectivity index (χ0) is 75.5. The molecule has 3 atom stereocenters. The monoisotopic (exact) mass is 1440 g/mol. The zero-order valence-corrected chi connectivity index (χ0v) is 64.0. The maximum Gasteiger partial charge on any atom is 0.229 e. The number of Topliss-reactive ketones (excluding diaryl/α,β-unsaturated/α-hetero) is 10. The van der Waals surface area contributed by atoms with Gasteiger partial charge in [0.25, 0.3) is 0 Å². The quantitative estimate of drug-likeness (QED) is 0.0345. The number of benzene rings is 5. The van der Waals surface area contributed by atoms with Gasteiger partial charge in [-0.3, -0.25) is 47.9 Å². The van der Waals surface area contributed by atoms with Gasteiger partial charge in [0.2, 0.25) is 28.9 Å². The van der Waals surface area contributed by atoms with E-state index in [1.165, 1.54) is 23.6 Å². The molecule has 0 aromatic heterocycles. The van der Waals surface area contributed by atoms with E-state index < -0.39 is 17.5 Å². The van der Waals surface area contributed by atoms with Crippen LogP contribution >= 0.6 is 0 Å². The van der Waals surface area contributed by atoms with Gasteiger partial charge in [-0.1, -0.05) is 186 Å². The lowest BCUT2D eigenvalue weighted by atomic mass is 9.72. The van der Waals surface area contributed by atoms with Crippen LogP contribution in [0.5, 0.6) is 5.75 Å². The van der Waals surface area contributed by atoms with Crippen molar-refractivity contribution in [3.05, 3.63) is 220 Å². The Morgan fingerprint density at radius 2 is 0.897 bits per heavy atom. The smallest absolute Gasteiger partial charge is 0.229 e. The van der Waals surface area contributed by atoms with E-state index in [1.54, 1.807) is 13.2 Å². The lowest BCUT2D eigenvalue weighted by molar-refractivity contribution is -0.142. The van der Waals surface area contributed by atoms with Crippen molar-refractivity contribution in [1.82, 2.24) is 0 Å². The summed E-state index contributed by atoms with van der Waals surface area (Å²) in [6.45, 7) is 9.73. The molecular weight excluding hydrogens is 1330 g/mol. The van der Waals surface area contributed by atoms with E-state index in [1.807, 2.05) is 85.0 Å². The third-order valence-corrected chi connectivity index (χ3v) is 25.2. The molecule has 9 aliphatic rings. The van der Waals surface area contributed by atoms with Crippen molar-refractivity contribution in [1.29, 1.82) is 0 Å². The van der Waals surface area contributed by atoms with E-state index in [9.17, 15) is 47.9 Å². The number of carbonyl (C=O) groups excluding carboxylic acids is 10. The van der Waals surface area contributed by atoms with Crippen molar-refractivity contribution in [3.8, 4) is 5.75 Å². The fourth-order valence-corrected chi connectivity index (χ4v) is 18.9. The average Bonchev–Trinajstić information content (AvgIpc) is 1.69. The molecule has 0 saturated heterocycles. The minimum absolute atomic E-state index is 0.0116. The summed E-state index contributed by atoms with van der Waals surface area (Å²) in [5, 5.41) is 0. The van der Waals surface area contributed by atoms with Crippen molar-refractivity contribution in [2.75, 3.05) is 7.11 Å². The molecule has 560 valence electrons. The molecule has 9 aliphatic carbocycles. The highest BCUT2D eigenvalue weighted by Crippen LogP contribution is 2.44. The molecule has 0 radical (unpaired) electrons. The maximum atomic E-state index is 13.7. The van der Waals surface area contributed by atoms with Crippen LogP contribution in [-0.4, -0.2) is 64.9 Å². The summed E-state index contributed by atoms with van der Waals surface area (Å²) in [6, 6.07) is 41.1. The van der Waals surface area contributed by atoms with Crippen LogP contribution in [0.3, 0.4) is 0 Å². The summed E-state index contributed by atoms with van der Waals surface area (Å²) in [6.07, 6.45) is 36.5. The summed E-state index contributed by atoms with van der Waals surface area (Å²) in [7, 11) is 1.59. The Hall–Kier alpha value is -8.70. The highest BCUT2D eigenvalue weighted by atomic mass is 16.5. The predicted octanol–water partition coefficient (Wildman–Crippen LogP) is 19.3. The van der Waals surface area contributed by atoms with Crippen LogP contribution < -0.4 is 4.74 Å². The first kappa shape index (κ1) is 77.9. The molecule has 5 fully saturated rings. The fraction of sp³-hybridized carbons (Fsp3) is 0.479. The van der Waals surface area contributed by atoms with Crippen LogP contribution in [0.4, 0.5) is 0 Å². The van der Waals surface area contributed by atoms with Crippen molar-refractivity contribution in [2.45, 2.75) is 202 Å². The number of rotatable bonds is 23. The molecule has 0 aliphatic heterocycles. The molecule has 5 saturated carbocycles. The highest BCUT2D eigenvalue weighted by Gasteiger charge is 2.43. The van der Waals surface area contributed by atoms with E-state index in [4.69, 9.17) is 4.74 Å². The van der Waals surface area contributed by atoms with Crippen LogP contribution in [0.15, 0.2) is 169 Å². The lowest BCUT2D eigenvalue weighted by Crippen LogP contribution is -2.36. The van der Waals surface area contributed by atoms with Gasteiger partial charge in [-0.25, -0.2) is 0 Å². The number of allylic oxidation sites excluding steroid dienone is 10. The topological polar surface area (TPSA) is 180 Å². The molecule has 0 N–H and O–H groups in total. The van der Waals surface area contributed by atoms with Gasteiger partial charge in [-0.2, -0.15) is 0 Å². The van der Waals surface area contributed by atoms with Crippen LogP contribution in [0.25, 0.3) is 11.1 Å². The second-order valence-corrected chi connectivity index (χ2v) is 34.1. The summed E-state index contributed by atoms with van der Waals surface area (Å²) in [4.78, 5) is 130. The van der Waals surface area contributed by atoms with Crippen LogP contribution in [0, 0.1) is 82.3 Å². The molecule has 11 nitrogen and oxygen atoms in total. The fourth-order valence-electron chi connectivity index (χ4n) is 18.9. The molecule has 0 heterocycles. The predicted molar refractivity (Wildman–Crippen MR) is 421 cm³/mol. The molecule has 0 amide bonds.